The minimum absolute atomic E-state index is 0.0646. The van der Waals surface area contributed by atoms with Crippen molar-refractivity contribution in [3.05, 3.63) is 66.0 Å². The van der Waals surface area contributed by atoms with E-state index in [1.54, 1.807) is 48.2 Å². The van der Waals surface area contributed by atoms with E-state index in [0.717, 1.165) is 29.6 Å². The average molecular weight is 453 g/mol. The maximum Gasteiger partial charge on any atom is 0.255 e. The van der Waals surface area contributed by atoms with Crippen LogP contribution in [0, 0.1) is 0 Å². The summed E-state index contributed by atoms with van der Waals surface area (Å²) in [5, 5.41) is 13.1. The molecule has 0 unspecified atom stereocenters. The lowest BCUT2D eigenvalue weighted by molar-refractivity contribution is -0.118. The Morgan fingerprint density at radius 3 is 2.34 bits per heavy atom. The van der Waals surface area contributed by atoms with Gasteiger partial charge in [-0.1, -0.05) is 23.9 Å². The first-order chi connectivity index (χ1) is 15.7. The molecular weight excluding hydrogens is 428 g/mol. The topological polar surface area (TPSA) is 112 Å². The number of rotatable bonds is 8. The molecule has 0 radical (unpaired) electrons. The van der Waals surface area contributed by atoms with Crippen LogP contribution in [0.15, 0.2) is 60.0 Å². The molecule has 1 aromatic heterocycles. The number of benzene rings is 2. The van der Waals surface area contributed by atoms with Crippen molar-refractivity contribution in [2.24, 2.45) is 0 Å². The average Bonchev–Trinajstić information content (AvgIpc) is 3.34. The Labute approximate surface area is 189 Å². The fraction of sp³-hybridized carbons (Fsp3) is 0.273. The van der Waals surface area contributed by atoms with Crippen molar-refractivity contribution >= 4 is 35.0 Å². The number of anilines is 2. The maximum atomic E-state index is 12.5. The van der Waals surface area contributed by atoms with Crippen LogP contribution in [-0.2, 0) is 15.3 Å². The van der Waals surface area contributed by atoms with E-state index in [0.29, 0.717) is 36.7 Å². The highest BCUT2D eigenvalue weighted by atomic mass is 32.2. The molecule has 32 heavy (non-hydrogen) atoms. The molecule has 1 aliphatic heterocycles. The highest BCUT2D eigenvalue weighted by Crippen LogP contribution is 2.19. The number of thioether (sulfide) groups is 1. The fourth-order valence-electron chi connectivity index (χ4n) is 3.17. The molecule has 10 heteroatoms. The second-order valence-corrected chi connectivity index (χ2v) is 8.21. The number of carbonyl (C=O) groups is 2. The van der Waals surface area contributed by atoms with E-state index in [2.05, 4.69) is 30.7 Å². The predicted octanol–water partition coefficient (Wildman–Crippen LogP) is 2.62. The monoisotopic (exact) mass is 452 g/mol. The van der Waals surface area contributed by atoms with E-state index in [4.69, 9.17) is 4.74 Å². The lowest BCUT2D eigenvalue weighted by Gasteiger charge is -2.25. The molecule has 0 bridgehead atoms. The Balaban J connectivity index is 1.25. The maximum absolute atomic E-state index is 12.5. The molecule has 9 nitrogen and oxygen atoms in total. The lowest BCUT2D eigenvalue weighted by atomic mass is 10.1. The second-order valence-electron chi connectivity index (χ2n) is 7.24. The van der Waals surface area contributed by atoms with Gasteiger partial charge in [-0.3, -0.25) is 19.6 Å². The van der Waals surface area contributed by atoms with Gasteiger partial charge in [0.25, 0.3) is 5.91 Å². The van der Waals surface area contributed by atoms with Crippen LogP contribution in [0.3, 0.4) is 0 Å². The van der Waals surface area contributed by atoms with Gasteiger partial charge >= 0.3 is 0 Å². The standard InChI is InChI=1S/C22H24N6O3S/c29-20(13-28-9-11-31-12-10-28)25-18-5-7-19(8-6-18)26-21(30)17-3-1-16(2-4-17)14-32-22-23-15-24-27-22/h1-8,15H,9-14H2,(H,25,29)(H,26,30)(H,23,24,27). The second kappa shape index (κ2) is 10.9. The van der Waals surface area contributed by atoms with Crippen LogP contribution in [0.5, 0.6) is 0 Å². The largest absolute Gasteiger partial charge is 0.379 e. The van der Waals surface area contributed by atoms with Crippen LogP contribution in [0.2, 0.25) is 0 Å². The van der Waals surface area contributed by atoms with Crippen LogP contribution in [0.4, 0.5) is 11.4 Å². The molecule has 1 saturated heterocycles. The highest BCUT2D eigenvalue weighted by molar-refractivity contribution is 7.98. The summed E-state index contributed by atoms with van der Waals surface area (Å²) in [5.41, 5.74) is 3.00. The Kier molecular flexibility index (Phi) is 7.49. The van der Waals surface area contributed by atoms with Gasteiger partial charge in [0.1, 0.15) is 6.33 Å². The molecule has 1 fully saturated rings. The number of H-pyrrole nitrogens is 1. The Morgan fingerprint density at radius 2 is 1.69 bits per heavy atom. The number of hydrogen-bond donors (Lipinski definition) is 3. The highest BCUT2D eigenvalue weighted by Gasteiger charge is 2.14. The third-order valence-corrected chi connectivity index (χ3v) is 5.83. The van der Waals surface area contributed by atoms with Crippen molar-refractivity contribution in [3.63, 3.8) is 0 Å². The number of morpholine rings is 1. The van der Waals surface area contributed by atoms with E-state index < -0.39 is 0 Å². The van der Waals surface area contributed by atoms with Gasteiger partial charge in [-0.2, -0.15) is 5.10 Å². The molecular formula is C22H24N6O3S. The van der Waals surface area contributed by atoms with Gasteiger partial charge < -0.3 is 15.4 Å². The van der Waals surface area contributed by atoms with E-state index in [9.17, 15) is 9.59 Å². The van der Waals surface area contributed by atoms with Gasteiger partial charge in [0.05, 0.1) is 19.8 Å². The molecule has 0 aliphatic carbocycles. The number of aromatic amines is 1. The quantitative estimate of drug-likeness (QED) is 0.451. The van der Waals surface area contributed by atoms with Gasteiger partial charge in [-0.25, -0.2) is 4.98 Å². The lowest BCUT2D eigenvalue weighted by Crippen LogP contribution is -2.41. The first kappa shape index (κ1) is 22.0. The van der Waals surface area contributed by atoms with Gasteiger partial charge in [-0.05, 0) is 42.0 Å². The van der Waals surface area contributed by atoms with Crippen LogP contribution in [0.1, 0.15) is 15.9 Å². The number of ether oxygens (including phenoxy) is 1. The summed E-state index contributed by atoms with van der Waals surface area (Å²) < 4.78 is 5.29. The normalized spacial score (nSPS) is 14.1. The third-order valence-electron chi connectivity index (χ3n) is 4.88. The summed E-state index contributed by atoms with van der Waals surface area (Å²) in [4.78, 5) is 30.9. The van der Waals surface area contributed by atoms with Crippen molar-refractivity contribution in [2.75, 3.05) is 43.5 Å². The summed E-state index contributed by atoms with van der Waals surface area (Å²) in [5.74, 6) is 0.476. The molecule has 0 saturated carbocycles. The zero-order valence-corrected chi connectivity index (χ0v) is 18.2. The first-order valence-corrected chi connectivity index (χ1v) is 11.2. The van der Waals surface area contributed by atoms with Gasteiger partial charge in [-0.15, -0.1) is 0 Å². The molecule has 3 N–H and O–H groups in total. The number of aromatic nitrogens is 3. The zero-order valence-electron chi connectivity index (χ0n) is 17.4. The van der Waals surface area contributed by atoms with Crippen molar-refractivity contribution in [3.8, 4) is 0 Å². The Hall–Kier alpha value is -3.21. The van der Waals surface area contributed by atoms with E-state index in [1.807, 2.05) is 12.1 Å². The molecule has 0 atom stereocenters. The predicted molar refractivity (Wildman–Crippen MR) is 123 cm³/mol. The molecule has 166 valence electrons. The van der Waals surface area contributed by atoms with Crippen LogP contribution in [-0.4, -0.2) is 64.7 Å². The molecule has 2 heterocycles. The molecule has 4 rings (SSSR count). The number of carbonyl (C=O) groups excluding carboxylic acids is 2. The molecule has 0 spiro atoms. The fourth-order valence-corrected chi connectivity index (χ4v) is 3.91. The number of hydrogen-bond acceptors (Lipinski definition) is 7. The smallest absolute Gasteiger partial charge is 0.255 e. The van der Waals surface area contributed by atoms with Gasteiger partial charge in [0, 0.05) is 35.8 Å². The van der Waals surface area contributed by atoms with Crippen molar-refractivity contribution < 1.29 is 14.3 Å². The Bertz CT molecular complexity index is 1020. The van der Waals surface area contributed by atoms with Crippen molar-refractivity contribution in [2.45, 2.75) is 10.9 Å². The molecule has 1 aliphatic rings. The van der Waals surface area contributed by atoms with Crippen LogP contribution >= 0.6 is 11.8 Å². The summed E-state index contributed by atoms with van der Waals surface area (Å²) in [6.07, 6.45) is 1.47. The van der Waals surface area contributed by atoms with Gasteiger partial charge in [0.15, 0.2) is 5.16 Å². The third kappa shape index (κ3) is 6.39. The van der Waals surface area contributed by atoms with E-state index in [1.165, 1.54) is 6.33 Å². The summed E-state index contributed by atoms with van der Waals surface area (Å²) in [6.45, 7) is 3.19. The van der Waals surface area contributed by atoms with Crippen molar-refractivity contribution in [1.29, 1.82) is 0 Å². The minimum atomic E-state index is -0.191. The summed E-state index contributed by atoms with van der Waals surface area (Å²) >= 11 is 1.54. The number of nitrogens with one attached hydrogen (secondary N) is 3. The molecule has 2 aromatic carbocycles. The Morgan fingerprint density at radius 1 is 1.00 bits per heavy atom. The van der Waals surface area contributed by atoms with Crippen molar-refractivity contribution in [1.82, 2.24) is 20.1 Å². The number of nitrogens with zero attached hydrogens (tertiary/aromatic N) is 3. The molecule has 3 aromatic rings. The SMILES string of the molecule is O=C(CN1CCOCC1)Nc1ccc(NC(=O)c2ccc(CSc3ncn[nH]3)cc2)cc1. The van der Waals surface area contributed by atoms with Crippen LogP contribution in [0.25, 0.3) is 0 Å². The molecule has 2 amide bonds. The summed E-state index contributed by atoms with van der Waals surface area (Å²) in [7, 11) is 0. The van der Waals surface area contributed by atoms with Gasteiger partial charge in [0.2, 0.25) is 5.91 Å². The van der Waals surface area contributed by atoms with Crippen LogP contribution < -0.4 is 10.6 Å². The van der Waals surface area contributed by atoms with E-state index in [-0.39, 0.29) is 11.8 Å². The number of amides is 2. The van der Waals surface area contributed by atoms with E-state index >= 15 is 0 Å². The summed E-state index contributed by atoms with van der Waals surface area (Å²) in [6, 6.07) is 14.5. The zero-order chi connectivity index (χ0) is 22.2. The first-order valence-electron chi connectivity index (χ1n) is 10.2. The minimum Gasteiger partial charge on any atom is -0.379 e.